The lowest BCUT2D eigenvalue weighted by Gasteiger charge is -2.21. The molecule has 0 aromatic heterocycles. The molecule has 0 saturated carbocycles. The fourth-order valence-corrected chi connectivity index (χ4v) is 2.05. The van der Waals surface area contributed by atoms with Gasteiger partial charge in [-0.3, -0.25) is 9.59 Å². The third-order valence-corrected chi connectivity index (χ3v) is 3.18. The molecule has 1 rings (SSSR count). The predicted molar refractivity (Wildman–Crippen MR) is 86.4 cm³/mol. The summed E-state index contributed by atoms with van der Waals surface area (Å²) >= 11 is 0. The Hall–Kier alpha value is -1.84. The summed E-state index contributed by atoms with van der Waals surface area (Å²) in [6.45, 7) is 9.33. The molecule has 0 heterocycles. The molecule has 0 aliphatic rings. The summed E-state index contributed by atoms with van der Waals surface area (Å²) in [7, 11) is 0. The summed E-state index contributed by atoms with van der Waals surface area (Å²) in [6, 6.07) is 7.16. The molecule has 1 aromatic rings. The summed E-state index contributed by atoms with van der Waals surface area (Å²) in [5, 5.41) is 2.83. The largest absolute Gasteiger partial charge is 0.339 e. The van der Waals surface area contributed by atoms with E-state index < -0.39 is 0 Å². The van der Waals surface area contributed by atoms with Crippen LogP contribution < -0.4 is 5.32 Å². The van der Waals surface area contributed by atoms with Crippen LogP contribution in [0.25, 0.3) is 0 Å². The smallest absolute Gasteiger partial charge is 0.253 e. The number of anilines is 1. The Balaban J connectivity index is 2.87. The molecular weight excluding hydrogens is 264 g/mol. The highest BCUT2D eigenvalue weighted by molar-refractivity contribution is 5.97. The van der Waals surface area contributed by atoms with Crippen molar-refractivity contribution in [1.82, 2.24) is 4.90 Å². The number of amides is 2. The van der Waals surface area contributed by atoms with Crippen molar-refractivity contribution in [2.75, 3.05) is 18.4 Å². The van der Waals surface area contributed by atoms with Crippen molar-refractivity contribution < 1.29 is 9.59 Å². The number of rotatable bonds is 7. The molecule has 0 aliphatic carbocycles. The van der Waals surface area contributed by atoms with Crippen LogP contribution in [0.15, 0.2) is 24.3 Å². The third-order valence-electron chi connectivity index (χ3n) is 3.18. The van der Waals surface area contributed by atoms with Gasteiger partial charge in [0.05, 0.1) is 0 Å². The quantitative estimate of drug-likeness (QED) is 0.835. The van der Waals surface area contributed by atoms with E-state index in [9.17, 15) is 9.59 Å². The van der Waals surface area contributed by atoms with E-state index in [1.54, 1.807) is 24.3 Å². The first-order chi connectivity index (χ1) is 9.99. The number of hydrogen-bond donors (Lipinski definition) is 1. The fraction of sp³-hybridized carbons (Fsp3) is 0.529. The van der Waals surface area contributed by atoms with Crippen molar-refractivity contribution in [3.63, 3.8) is 0 Å². The van der Waals surface area contributed by atoms with Gasteiger partial charge in [-0.2, -0.15) is 0 Å². The maximum Gasteiger partial charge on any atom is 0.253 e. The van der Waals surface area contributed by atoms with Crippen LogP contribution in [0.3, 0.4) is 0 Å². The Morgan fingerprint density at radius 1 is 1.14 bits per heavy atom. The van der Waals surface area contributed by atoms with Gasteiger partial charge < -0.3 is 10.2 Å². The Kier molecular flexibility index (Phi) is 6.92. The van der Waals surface area contributed by atoms with Gasteiger partial charge in [-0.15, -0.1) is 0 Å². The molecule has 0 spiro atoms. The first-order valence-corrected chi connectivity index (χ1v) is 7.69. The van der Waals surface area contributed by atoms with Crippen molar-refractivity contribution in [2.45, 2.75) is 40.5 Å². The lowest BCUT2D eigenvalue weighted by atomic mass is 10.1. The monoisotopic (exact) mass is 290 g/mol. The number of nitrogens with one attached hydrogen (secondary N) is 1. The van der Waals surface area contributed by atoms with Crippen LogP contribution in [0.1, 0.15) is 50.9 Å². The van der Waals surface area contributed by atoms with E-state index in [0.717, 1.165) is 25.9 Å². The van der Waals surface area contributed by atoms with E-state index in [4.69, 9.17) is 0 Å². The SMILES string of the molecule is CCCN(CCC)C(=O)c1cccc(NC(=O)C(C)C)c1. The maximum absolute atomic E-state index is 12.5. The van der Waals surface area contributed by atoms with Crippen LogP contribution in [-0.4, -0.2) is 29.8 Å². The van der Waals surface area contributed by atoms with E-state index in [0.29, 0.717) is 11.3 Å². The molecule has 4 nitrogen and oxygen atoms in total. The highest BCUT2D eigenvalue weighted by Gasteiger charge is 2.15. The van der Waals surface area contributed by atoms with E-state index in [2.05, 4.69) is 19.2 Å². The molecular formula is C17H26N2O2. The number of benzene rings is 1. The van der Waals surface area contributed by atoms with Gasteiger partial charge in [0.25, 0.3) is 5.91 Å². The molecule has 1 aromatic carbocycles. The lowest BCUT2D eigenvalue weighted by molar-refractivity contribution is -0.118. The molecule has 116 valence electrons. The number of carbonyl (C=O) groups is 2. The summed E-state index contributed by atoms with van der Waals surface area (Å²) < 4.78 is 0. The van der Waals surface area contributed by atoms with Crippen molar-refractivity contribution >= 4 is 17.5 Å². The van der Waals surface area contributed by atoms with Crippen molar-refractivity contribution in [3.05, 3.63) is 29.8 Å². The Labute approximate surface area is 127 Å². The molecule has 0 radical (unpaired) electrons. The molecule has 0 aliphatic heterocycles. The van der Waals surface area contributed by atoms with Crippen LogP contribution in [0.2, 0.25) is 0 Å². The highest BCUT2D eigenvalue weighted by Crippen LogP contribution is 2.14. The second-order valence-corrected chi connectivity index (χ2v) is 5.52. The first-order valence-electron chi connectivity index (χ1n) is 7.69. The van der Waals surface area contributed by atoms with Gasteiger partial charge in [0.2, 0.25) is 5.91 Å². The molecule has 0 bridgehead atoms. The van der Waals surface area contributed by atoms with E-state index in [1.807, 2.05) is 18.7 Å². The van der Waals surface area contributed by atoms with Crippen molar-refractivity contribution in [3.8, 4) is 0 Å². The van der Waals surface area contributed by atoms with Crippen LogP contribution >= 0.6 is 0 Å². The zero-order valence-corrected chi connectivity index (χ0v) is 13.5. The van der Waals surface area contributed by atoms with Gasteiger partial charge >= 0.3 is 0 Å². The standard InChI is InChI=1S/C17H26N2O2/c1-5-10-19(11-6-2)17(21)14-8-7-9-15(12-14)18-16(20)13(3)4/h7-9,12-13H,5-6,10-11H2,1-4H3,(H,18,20). The third kappa shape index (κ3) is 5.21. The van der Waals surface area contributed by atoms with Crippen LogP contribution in [0, 0.1) is 5.92 Å². The number of nitrogens with zero attached hydrogens (tertiary/aromatic N) is 1. The zero-order valence-electron chi connectivity index (χ0n) is 13.5. The number of carbonyl (C=O) groups excluding carboxylic acids is 2. The molecule has 1 N–H and O–H groups in total. The topological polar surface area (TPSA) is 49.4 Å². The molecule has 0 fully saturated rings. The van der Waals surface area contributed by atoms with Gasteiger partial charge in [-0.1, -0.05) is 33.8 Å². The van der Waals surface area contributed by atoms with Gasteiger partial charge in [0.15, 0.2) is 0 Å². The molecule has 21 heavy (non-hydrogen) atoms. The van der Waals surface area contributed by atoms with E-state index >= 15 is 0 Å². The molecule has 4 heteroatoms. The Morgan fingerprint density at radius 3 is 2.29 bits per heavy atom. The van der Waals surface area contributed by atoms with Gasteiger partial charge in [-0.25, -0.2) is 0 Å². The van der Waals surface area contributed by atoms with Crippen molar-refractivity contribution in [1.29, 1.82) is 0 Å². The predicted octanol–water partition coefficient (Wildman–Crippen LogP) is 3.54. The van der Waals surface area contributed by atoms with E-state index in [1.165, 1.54) is 0 Å². The van der Waals surface area contributed by atoms with Gasteiger partial charge in [-0.05, 0) is 31.0 Å². The van der Waals surface area contributed by atoms with E-state index in [-0.39, 0.29) is 17.7 Å². The second kappa shape index (κ2) is 8.45. The zero-order chi connectivity index (χ0) is 15.8. The highest BCUT2D eigenvalue weighted by atomic mass is 16.2. The van der Waals surface area contributed by atoms with Crippen LogP contribution in [0.5, 0.6) is 0 Å². The molecule has 0 saturated heterocycles. The maximum atomic E-state index is 12.5. The average molecular weight is 290 g/mol. The number of hydrogen-bond acceptors (Lipinski definition) is 2. The fourth-order valence-electron chi connectivity index (χ4n) is 2.05. The minimum atomic E-state index is -0.0824. The Bertz CT molecular complexity index is 477. The average Bonchev–Trinajstić information content (AvgIpc) is 2.46. The molecule has 2 amide bonds. The first kappa shape index (κ1) is 17.2. The van der Waals surface area contributed by atoms with Crippen LogP contribution in [0.4, 0.5) is 5.69 Å². The molecule has 0 atom stereocenters. The summed E-state index contributed by atoms with van der Waals surface area (Å²) in [5.41, 5.74) is 1.30. The lowest BCUT2D eigenvalue weighted by Crippen LogP contribution is -2.32. The normalized spacial score (nSPS) is 10.5. The minimum absolute atomic E-state index is 0.0272. The van der Waals surface area contributed by atoms with Gasteiger partial charge in [0.1, 0.15) is 0 Å². The summed E-state index contributed by atoms with van der Waals surface area (Å²) in [4.78, 5) is 26.1. The Morgan fingerprint density at radius 2 is 1.76 bits per heavy atom. The van der Waals surface area contributed by atoms with Gasteiger partial charge in [0, 0.05) is 30.3 Å². The molecule has 0 unspecified atom stereocenters. The second-order valence-electron chi connectivity index (χ2n) is 5.52. The van der Waals surface area contributed by atoms with Crippen LogP contribution in [-0.2, 0) is 4.79 Å². The summed E-state index contributed by atoms with van der Waals surface area (Å²) in [6.07, 6.45) is 1.88. The summed E-state index contributed by atoms with van der Waals surface area (Å²) in [5.74, 6) is -0.0982. The van der Waals surface area contributed by atoms with Crippen molar-refractivity contribution in [2.24, 2.45) is 5.92 Å². The minimum Gasteiger partial charge on any atom is -0.339 e.